The molecule has 1 rings (SSSR count). The average Bonchev–Trinajstić information content (AvgIpc) is 2.20. The summed E-state index contributed by atoms with van der Waals surface area (Å²) in [6, 6.07) is 0.919. The molecule has 0 amide bonds. The zero-order chi connectivity index (χ0) is 12.3. The van der Waals surface area contributed by atoms with Crippen molar-refractivity contribution < 1.29 is 14.4 Å². The number of nitro benzene ring substituents is 1. The van der Waals surface area contributed by atoms with Gasteiger partial charge in [0.15, 0.2) is 5.75 Å². The zero-order valence-corrected chi connectivity index (χ0v) is 8.39. The molecule has 0 aliphatic rings. The molecule has 1 atom stereocenters. The van der Waals surface area contributed by atoms with Gasteiger partial charge in [-0.15, -0.1) is 6.58 Å². The van der Waals surface area contributed by atoms with Crippen LogP contribution in [-0.4, -0.2) is 10.0 Å². The third-order valence-corrected chi connectivity index (χ3v) is 2.10. The first kappa shape index (κ1) is 12.1. The molecular weight excluding hydrogens is 215 g/mol. The van der Waals surface area contributed by atoms with Gasteiger partial charge in [0.1, 0.15) is 5.82 Å². The van der Waals surface area contributed by atoms with E-state index in [0.29, 0.717) is 6.07 Å². The van der Waals surface area contributed by atoms with Crippen molar-refractivity contribution in [2.75, 3.05) is 0 Å². The summed E-state index contributed by atoms with van der Waals surface area (Å²) in [5.41, 5.74) is 4.94. The molecule has 1 aromatic rings. The highest BCUT2D eigenvalue weighted by Crippen LogP contribution is 2.34. The first-order valence-corrected chi connectivity index (χ1v) is 4.50. The van der Waals surface area contributed by atoms with Crippen LogP contribution >= 0.6 is 0 Å². The number of nitro groups is 1. The third-order valence-electron chi connectivity index (χ3n) is 2.10. The van der Waals surface area contributed by atoms with Crippen LogP contribution in [0.2, 0.25) is 0 Å². The lowest BCUT2D eigenvalue weighted by Gasteiger charge is -2.11. The minimum absolute atomic E-state index is 0.00611. The Morgan fingerprint density at radius 1 is 1.69 bits per heavy atom. The molecule has 16 heavy (non-hydrogen) atoms. The van der Waals surface area contributed by atoms with Gasteiger partial charge in [-0.05, 0) is 12.5 Å². The van der Waals surface area contributed by atoms with E-state index in [-0.39, 0.29) is 12.0 Å². The molecule has 3 N–H and O–H groups in total. The van der Waals surface area contributed by atoms with Gasteiger partial charge in [-0.2, -0.15) is 0 Å². The van der Waals surface area contributed by atoms with Gasteiger partial charge >= 0.3 is 5.69 Å². The Labute approximate surface area is 91.2 Å². The summed E-state index contributed by atoms with van der Waals surface area (Å²) >= 11 is 0. The number of aromatic hydroxyl groups is 1. The minimum atomic E-state index is -0.859. The van der Waals surface area contributed by atoms with Gasteiger partial charge < -0.3 is 10.8 Å². The van der Waals surface area contributed by atoms with E-state index in [0.717, 1.165) is 6.07 Å². The summed E-state index contributed by atoms with van der Waals surface area (Å²) in [6.45, 7) is 3.45. The van der Waals surface area contributed by atoms with E-state index in [1.165, 1.54) is 6.08 Å². The standard InChI is InChI=1S/C10H11FN2O3/c1-2-3-8(12)7-4-6(11)5-9(10(7)14)13(15)16/h2,4-5,8,14H,1,3,12H2/t8-/m0/s1. The fraction of sp³-hybridized carbons (Fsp3) is 0.200. The Hall–Kier alpha value is -1.95. The van der Waals surface area contributed by atoms with Gasteiger partial charge in [0.05, 0.1) is 11.0 Å². The van der Waals surface area contributed by atoms with Crippen molar-refractivity contribution in [2.45, 2.75) is 12.5 Å². The second kappa shape index (κ2) is 4.71. The summed E-state index contributed by atoms with van der Waals surface area (Å²) in [5, 5.41) is 20.1. The lowest BCUT2D eigenvalue weighted by Crippen LogP contribution is -2.10. The smallest absolute Gasteiger partial charge is 0.313 e. The van der Waals surface area contributed by atoms with Crippen molar-refractivity contribution in [3.8, 4) is 5.75 Å². The third kappa shape index (κ3) is 2.34. The molecular formula is C10H11FN2O3. The number of hydrogen-bond acceptors (Lipinski definition) is 4. The molecule has 0 aliphatic heterocycles. The van der Waals surface area contributed by atoms with Gasteiger partial charge in [0.25, 0.3) is 0 Å². The maximum atomic E-state index is 13.1. The fourth-order valence-electron chi connectivity index (χ4n) is 1.33. The van der Waals surface area contributed by atoms with Crippen LogP contribution in [0.15, 0.2) is 24.8 Å². The van der Waals surface area contributed by atoms with E-state index in [1.807, 2.05) is 0 Å². The van der Waals surface area contributed by atoms with E-state index in [9.17, 15) is 19.6 Å². The molecule has 0 aromatic heterocycles. The maximum Gasteiger partial charge on any atom is 0.313 e. The monoisotopic (exact) mass is 226 g/mol. The highest BCUT2D eigenvalue weighted by molar-refractivity contribution is 5.52. The number of nitrogens with two attached hydrogens (primary N) is 1. The molecule has 6 heteroatoms. The first-order chi connectivity index (χ1) is 7.47. The number of halogens is 1. The molecule has 0 saturated heterocycles. The largest absolute Gasteiger partial charge is 0.502 e. The Bertz CT molecular complexity index is 434. The molecule has 0 spiro atoms. The van der Waals surface area contributed by atoms with Crippen molar-refractivity contribution in [1.82, 2.24) is 0 Å². The van der Waals surface area contributed by atoms with Gasteiger partial charge in [-0.3, -0.25) is 10.1 Å². The molecule has 0 radical (unpaired) electrons. The molecule has 0 saturated carbocycles. The normalized spacial score (nSPS) is 12.1. The van der Waals surface area contributed by atoms with Crippen LogP contribution in [0, 0.1) is 15.9 Å². The van der Waals surface area contributed by atoms with Crippen molar-refractivity contribution in [3.63, 3.8) is 0 Å². The molecule has 0 bridgehead atoms. The second-order valence-corrected chi connectivity index (χ2v) is 3.25. The van der Waals surface area contributed by atoms with Crippen LogP contribution in [0.3, 0.4) is 0 Å². The van der Waals surface area contributed by atoms with E-state index in [2.05, 4.69) is 6.58 Å². The summed E-state index contributed by atoms with van der Waals surface area (Å²) < 4.78 is 13.1. The summed E-state index contributed by atoms with van der Waals surface area (Å²) in [6.07, 6.45) is 1.77. The molecule has 1 aromatic carbocycles. The predicted molar refractivity (Wildman–Crippen MR) is 56.5 cm³/mol. The van der Waals surface area contributed by atoms with Crippen LogP contribution in [0.1, 0.15) is 18.0 Å². The van der Waals surface area contributed by atoms with Crippen molar-refractivity contribution in [1.29, 1.82) is 0 Å². The quantitative estimate of drug-likeness (QED) is 0.467. The Kier molecular flexibility index (Phi) is 3.57. The number of hydrogen-bond donors (Lipinski definition) is 2. The van der Waals surface area contributed by atoms with E-state index >= 15 is 0 Å². The Balaban J connectivity index is 3.28. The van der Waals surface area contributed by atoms with Gasteiger partial charge in [-0.1, -0.05) is 6.08 Å². The number of phenolic OH excluding ortho intramolecular Hbond substituents is 1. The summed E-state index contributed by atoms with van der Waals surface area (Å²) in [4.78, 5) is 9.67. The lowest BCUT2D eigenvalue weighted by atomic mass is 10.0. The summed E-state index contributed by atoms with van der Waals surface area (Å²) in [5.74, 6) is -1.40. The van der Waals surface area contributed by atoms with Crippen molar-refractivity contribution in [2.24, 2.45) is 5.73 Å². The predicted octanol–water partition coefficient (Wildman–Crippen LogP) is 2.02. The number of phenols is 1. The van der Waals surface area contributed by atoms with E-state index in [1.54, 1.807) is 0 Å². The number of rotatable bonds is 4. The summed E-state index contributed by atoms with van der Waals surface area (Å²) in [7, 11) is 0. The SMILES string of the molecule is C=CC[C@H](N)c1cc(F)cc([N+](=O)[O-])c1O. The molecule has 0 unspecified atom stereocenters. The van der Waals surface area contributed by atoms with Crippen molar-refractivity contribution >= 4 is 5.69 Å². The average molecular weight is 226 g/mol. The zero-order valence-electron chi connectivity index (χ0n) is 8.39. The topological polar surface area (TPSA) is 89.4 Å². The molecule has 0 aliphatic carbocycles. The van der Waals surface area contributed by atoms with Gasteiger partial charge in [-0.25, -0.2) is 4.39 Å². The minimum Gasteiger partial charge on any atom is -0.502 e. The second-order valence-electron chi connectivity index (χ2n) is 3.25. The maximum absolute atomic E-state index is 13.1. The Morgan fingerprint density at radius 2 is 2.31 bits per heavy atom. The van der Waals surface area contributed by atoms with Crippen LogP contribution in [-0.2, 0) is 0 Å². The van der Waals surface area contributed by atoms with E-state index < -0.39 is 28.2 Å². The molecule has 5 nitrogen and oxygen atoms in total. The fourth-order valence-corrected chi connectivity index (χ4v) is 1.33. The van der Waals surface area contributed by atoms with Crippen LogP contribution in [0.5, 0.6) is 5.75 Å². The highest BCUT2D eigenvalue weighted by atomic mass is 19.1. The van der Waals surface area contributed by atoms with Gasteiger partial charge in [0.2, 0.25) is 0 Å². The van der Waals surface area contributed by atoms with E-state index in [4.69, 9.17) is 5.73 Å². The molecule has 86 valence electrons. The number of nitrogens with zero attached hydrogens (tertiary/aromatic N) is 1. The molecule has 0 fully saturated rings. The first-order valence-electron chi connectivity index (χ1n) is 4.50. The highest BCUT2D eigenvalue weighted by Gasteiger charge is 2.22. The van der Waals surface area contributed by atoms with Crippen LogP contribution in [0.4, 0.5) is 10.1 Å². The van der Waals surface area contributed by atoms with Gasteiger partial charge in [0, 0.05) is 11.6 Å². The van der Waals surface area contributed by atoms with Crippen molar-refractivity contribution in [3.05, 3.63) is 46.3 Å². The molecule has 0 heterocycles. The lowest BCUT2D eigenvalue weighted by molar-refractivity contribution is -0.386. The Morgan fingerprint density at radius 3 is 2.81 bits per heavy atom. The number of benzene rings is 1. The van der Waals surface area contributed by atoms with Crippen LogP contribution < -0.4 is 5.73 Å². The van der Waals surface area contributed by atoms with Crippen LogP contribution in [0.25, 0.3) is 0 Å².